The van der Waals surface area contributed by atoms with Crippen molar-refractivity contribution < 1.29 is 4.79 Å². The molecule has 1 aliphatic rings. The van der Waals surface area contributed by atoms with Crippen LogP contribution in [0.3, 0.4) is 0 Å². The lowest BCUT2D eigenvalue weighted by Gasteiger charge is -2.20. The molecule has 88 valence electrons. The molecule has 0 saturated heterocycles. The van der Waals surface area contributed by atoms with Gasteiger partial charge in [0.1, 0.15) is 5.78 Å². The fraction of sp³-hybridized carbons (Fsp3) is 0.923. The summed E-state index contributed by atoms with van der Waals surface area (Å²) in [7, 11) is 2.19. The molecular weight excluding hydrogens is 186 g/mol. The van der Waals surface area contributed by atoms with Gasteiger partial charge in [0.2, 0.25) is 0 Å². The Morgan fingerprint density at radius 2 is 2.00 bits per heavy atom. The molecule has 0 unspecified atom stereocenters. The van der Waals surface area contributed by atoms with Crippen molar-refractivity contribution in [3.8, 4) is 0 Å². The van der Waals surface area contributed by atoms with Gasteiger partial charge in [-0.25, -0.2) is 0 Å². The van der Waals surface area contributed by atoms with Crippen LogP contribution in [0.4, 0.5) is 0 Å². The Kier molecular flexibility index (Phi) is 5.92. The largest absolute Gasteiger partial charge is 0.306 e. The Morgan fingerprint density at radius 1 is 1.33 bits per heavy atom. The summed E-state index contributed by atoms with van der Waals surface area (Å²) in [6.45, 7) is 4.27. The molecule has 1 saturated carbocycles. The molecule has 0 aromatic rings. The van der Waals surface area contributed by atoms with E-state index < -0.39 is 0 Å². The van der Waals surface area contributed by atoms with E-state index in [-0.39, 0.29) is 0 Å². The van der Waals surface area contributed by atoms with Crippen LogP contribution < -0.4 is 0 Å². The summed E-state index contributed by atoms with van der Waals surface area (Å²) in [5.41, 5.74) is 0. The summed E-state index contributed by atoms with van der Waals surface area (Å²) in [6.07, 6.45) is 8.18. The van der Waals surface area contributed by atoms with Crippen molar-refractivity contribution in [2.75, 3.05) is 20.1 Å². The van der Waals surface area contributed by atoms with E-state index in [4.69, 9.17) is 0 Å². The first-order valence-electron chi connectivity index (χ1n) is 6.42. The molecule has 0 atom stereocenters. The van der Waals surface area contributed by atoms with Crippen LogP contribution in [0.15, 0.2) is 0 Å². The summed E-state index contributed by atoms with van der Waals surface area (Å²) in [4.78, 5) is 13.5. The van der Waals surface area contributed by atoms with Gasteiger partial charge >= 0.3 is 0 Å². The minimum atomic E-state index is 0.407. The van der Waals surface area contributed by atoms with Crippen molar-refractivity contribution in [1.82, 2.24) is 4.90 Å². The highest BCUT2D eigenvalue weighted by molar-refractivity contribution is 5.77. The monoisotopic (exact) mass is 211 g/mol. The van der Waals surface area contributed by atoms with Crippen molar-refractivity contribution in [3.05, 3.63) is 0 Å². The number of hydrogen-bond donors (Lipinski definition) is 0. The maximum Gasteiger partial charge on any atom is 0.132 e. The molecule has 0 radical (unpaired) electrons. The zero-order chi connectivity index (χ0) is 11.1. The maximum atomic E-state index is 11.1. The van der Waals surface area contributed by atoms with Crippen LogP contribution >= 0.6 is 0 Å². The highest BCUT2D eigenvalue weighted by Crippen LogP contribution is 2.25. The van der Waals surface area contributed by atoms with E-state index in [1.165, 1.54) is 32.2 Å². The smallest absolute Gasteiger partial charge is 0.132 e. The van der Waals surface area contributed by atoms with Crippen LogP contribution in [0.25, 0.3) is 0 Å². The average Bonchev–Trinajstić information content (AvgIpc) is 2.70. The zero-order valence-corrected chi connectivity index (χ0v) is 10.3. The molecular formula is C13H25NO. The summed E-state index contributed by atoms with van der Waals surface area (Å²) >= 11 is 0. The van der Waals surface area contributed by atoms with Gasteiger partial charge in [0, 0.05) is 19.4 Å². The van der Waals surface area contributed by atoms with Crippen molar-refractivity contribution in [1.29, 1.82) is 0 Å². The van der Waals surface area contributed by atoms with Crippen LogP contribution in [0.2, 0.25) is 0 Å². The molecule has 1 rings (SSSR count). The van der Waals surface area contributed by atoms with Crippen molar-refractivity contribution >= 4 is 5.78 Å². The lowest BCUT2D eigenvalue weighted by Crippen LogP contribution is -2.25. The number of Topliss-reactive ketones (excluding diaryl/α,β-unsaturated/α-hetero) is 1. The number of carbonyl (C=O) groups excluding carboxylic acids is 1. The Hall–Kier alpha value is -0.370. The lowest BCUT2D eigenvalue weighted by atomic mass is 10.1. The fourth-order valence-electron chi connectivity index (χ4n) is 2.45. The second kappa shape index (κ2) is 7.00. The Balaban J connectivity index is 2.02. The van der Waals surface area contributed by atoms with Crippen molar-refractivity contribution in [2.45, 2.75) is 51.9 Å². The first-order chi connectivity index (χ1) is 7.22. The Labute approximate surface area is 94.0 Å². The predicted octanol–water partition coefficient (Wildman–Crippen LogP) is 2.87. The number of ketones is 1. The first-order valence-corrected chi connectivity index (χ1v) is 6.42. The predicted molar refractivity (Wildman–Crippen MR) is 64.0 cm³/mol. The van der Waals surface area contributed by atoms with Gasteiger partial charge in [-0.15, -0.1) is 0 Å². The molecule has 0 bridgehead atoms. The zero-order valence-electron chi connectivity index (χ0n) is 10.3. The van der Waals surface area contributed by atoms with E-state index in [1.54, 1.807) is 0 Å². The minimum absolute atomic E-state index is 0.407. The maximum absolute atomic E-state index is 11.1. The normalized spacial score (nSPS) is 17.5. The third-order valence-corrected chi connectivity index (χ3v) is 3.43. The van der Waals surface area contributed by atoms with Crippen molar-refractivity contribution in [3.63, 3.8) is 0 Å². The van der Waals surface area contributed by atoms with Gasteiger partial charge in [-0.2, -0.15) is 0 Å². The fourth-order valence-corrected chi connectivity index (χ4v) is 2.45. The second-order valence-electron chi connectivity index (χ2n) is 4.91. The quantitative estimate of drug-likeness (QED) is 0.645. The molecule has 2 nitrogen and oxygen atoms in total. The van der Waals surface area contributed by atoms with Gasteiger partial charge in [0.25, 0.3) is 0 Å². The van der Waals surface area contributed by atoms with E-state index in [0.717, 1.165) is 25.3 Å². The van der Waals surface area contributed by atoms with E-state index in [9.17, 15) is 4.79 Å². The van der Waals surface area contributed by atoms with Gasteiger partial charge in [0.15, 0.2) is 0 Å². The Morgan fingerprint density at radius 3 is 2.60 bits per heavy atom. The Bertz CT molecular complexity index is 185. The second-order valence-corrected chi connectivity index (χ2v) is 4.91. The summed E-state index contributed by atoms with van der Waals surface area (Å²) in [5, 5.41) is 0. The molecule has 0 heterocycles. The lowest BCUT2D eigenvalue weighted by molar-refractivity contribution is -0.118. The van der Waals surface area contributed by atoms with E-state index in [0.29, 0.717) is 12.2 Å². The first kappa shape index (κ1) is 12.7. The van der Waals surface area contributed by atoms with Gasteiger partial charge in [-0.1, -0.05) is 19.8 Å². The molecule has 0 N–H and O–H groups in total. The molecule has 0 aromatic carbocycles. The highest BCUT2D eigenvalue weighted by Gasteiger charge is 2.16. The SMILES string of the molecule is CCC(=O)CCCN(C)CC1CCCC1. The van der Waals surface area contributed by atoms with Crippen LogP contribution in [0, 0.1) is 5.92 Å². The average molecular weight is 211 g/mol. The molecule has 0 aromatic heterocycles. The molecule has 0 amide bonds. The van der Waals surface area contributed by atoms with Crippen molar-refractivity contribution in [2.24, 2.45) is 5.92 Å². The molecule has 0 aliphatic heterocycles. The van der Waals surface area contributed by atoms with Crippen LogP contribution in [0.1, 0.15) is 51.9 Å². The molecule has 1 fully saturated rings. The van der Waals surface area contributed by atoms with Crippen LogP contribution in [-0.2, 0) is 4.79 Å². The van der Waals surface area contributed by atoms with Gasteiger partial charge in [-0.05, 0) is 38.8 Å². The van der Waals surface area contributed by atoms with E-state index >= 15 is 0 Å². The molecule has 1 aliphatic carbocycles. The molecule has 15 heavy (non-hydrogen) atoms. The highest BCUT2D eigenvalue weighted by atomic mass is 16.1. The van der Waals surface area contributed by atoms with Gasteiger partial charge < -0.3 is 4.90 Å². The topological polar surface area (TPSA) is 20.3 Å². The summed E-state index contributed by atoms with van der Waals surface area (Å²) in [6, 6.07) is 0. The molecule has 0 spiro atoms. The number of hydrogen-bond acceptors (Lipinski definition) is 2. The summed E-state index contributed by atoms with van der Waals surface area (Å²) in [5.74, 6) is 1.33. The van der Waals surface area contributed by atoms with Crippen LogP contribution in [0.5, 0.6) is 0 Å². The van der Waals surface area contributed by atoms with E-state index in [2.05, 4.69) is 11.9 Å². The van der Waals surface area contributed by atoms with Crippen LogP contribution in [-0.4, -0.2) is 30.8 Å². The van der Waals surface area contributed by atoms with Gasteiger partial charge in [0.05, 0.1) is 0 Å². The third kappa shape index (κ3) is 5.31. The third-order valence-electron chi connectivity index (χ3n) is 3.43. The number of rotatable bonds is 7. The van der Waals surface area contributed by atoms with Gasteiger partial charge in [-0.3, -0.25) is 4.79 Å². The molecule has 2 heteroatoms. The number of carbonyl (C=O) groups is 1. The summed E-state index contributed by atoms with van der Waals surface area (Å²) < 4.78 is 0. The standard InChI is InChI=1S/C13H25NO/c1-3-13(15)9-6-10-14(2)11-12-7-4-5-8-12/h12H,3-11H2,1-2H3. The van der Waals surface area contributed by atoms with E-state index in [1.807, 2.05) is 6.92 Å². The number of nitrogens with zero attached hydrogens (tertiary/aromatic N) is 1. The minimum Gasteiger partial charge on any atom is -0.306 e.